The monoisotopic (exact) mass is 344 g/mol. The van der Waals surface area contributed by atoms with Crippen LogP contribution in [0.4, 0.5) is 4.39 Å². The highest BCUT2D eigenvalue weighted by molar-refractivity contribution is 5.91. The van der Waals surface area contributed by atoms with Gasteiger partial charge < -0.3 is 9.73 Å². The standard InChI is InChI=1S/C20H25FN2O2/c1-15(23-12-3-2-4-13-23)18-8-9-19(25-18)20(24)22-11-10-16-6-5-7-17(21)14-16/h5-9,14-15H,2-4,10-13H2,1H3,(H,22,24)/t15-/m1/s1. The van der Waals surface area contributed by atoms with E-state index in [9.17, 15) is 9.18 Å². The molecule has 1 atom stereocenters. The van der Waals surface area contributed by atoms with Crippen molar-refractivity contribution in [2.24, 2.45) is 0 Å². The molecule has 1 aliphatic rings. The molecule has 4 nitrogen and oxygen atoms in total. The van der Waals surface area contributed by atoms with Crippen LogP contribution in [0.25, 0.3) is 0 Å². The summed E-state index contributed by atoms with van der Waals surface area (Å²) in [5.74, 6) is 0.676. The Balaban J connectivity index is 1.51. The van der Waals surface area contributed by atoms with E-state index in [1.165, 1.54) is 31.4 Å². The van der Waals surface area contributed by atoms with Crippen molar-refractivity contribution in [2.45, 2.75) is 38.6 Å². The third-order valence-corrected chi connectivity index (χ3v) is 4.79. The molecule has 1 saturated heterocycles. The molecule has 2 heterocycles. The fourth-order valence-corrected chi connectivity index (χ4v) is 3.28. The van der Waals surface area contributed by atoms with Crippen molar-refractivity contribution < 1.29 is 13.6 Å². The lowest BCUT2D eigenvalue weighted by Gasteiger charge is -2.31. The van der Waals surface area contributed by atoms with Crippen LogP contribution in [0.3, 0.4) is 0 Å². The second-order valence-corrected chi connectivity index (χ2v) is 6.61. The van der Waals surface area contributed by atoms with Gasteiger partial charge in [-0.1, -0.05) is 18.6 Å². The Morgan fingerprint density at radius 2 is 2.04 bits per heavy atom. The number of carbonyl (C=O) groups excluding carboxylic acids is 1. The first-order chi connectivity index (χ1) is 12.1. The van der Waals surface area contributed by atoms with Gasteiger partial charge in [0.2, 0.25) is 0 Å². The Morgan fingerprint density at radius 1 is 1.24 bits per heavy atom. The first kappa shape index (κ1) is 17.7. The second-order valence-electron chi connectivity index (χ2n) is 6.61. The maximum absolute atomic E-state index is 13.1. The van der Waals surface area contributed by atoms with Crippen LogP contribution in [-0.4, -0.2) is 30.4 Å². The van der Waals surface area contributed by atoms with Gasteiger partial charge in [-0.3, -0.25) is 9.69 Å². The molecular weight excluding hydrogens is 319 g/mol. The fraction of sp³-hybridized carbons (Fsp3) is 0.450. The Labute approximate surface area is 148 Å². The van der Waals surface area contributed by atoms with Crippen LogP contribution >= 0.6 is 0 Å². The predicted octanol–water partition coefficient (Wildman–Crippen LogP) is 3.94. The molecule has 0 spiro atoms. The number of rotatable bonds is 6. The van der Waals surface area contributed by atoms with E-state index in [2.05, 4.69) is 17.1 Å². The minimum atomic E-state index is -0.258. The molecule has 1 aromatic carbocycles. The maximum atomic E-state index is 13.1. The Hall–Kier alpha value is -2.14. The molecule has 0 saturated carbocycles. The van der Waals surface area contributed by atoms with Crippen LogP contribution in [0.5, 0.6) is 0 Å². The number of hydrogen-bond acceptors (Lipinski definition) is 3. The van der Waals surface area contributed by atoms with Crippen molar-refractivity contribution >= 4 is 5.91 Å². The molecule has 134 valence electrons. The van der Waals surface area contributed by atoms with E-state index in [0.717, 1.165) is 24.4 Å². The van der Waals surface area contributed by atoms with E-state index in [0.29, 0.717) is 18.7 Å². The quantitative estimate of drug-likeness (QED) is 0.863. The van der Waals surface area contributed by atoms with Crippen LogP contribution in [0, 0.1) is 5.82 Å². The lowest BCUT2D eigenvalue weighted by molar-refractivity contribution is 0.0917. The first-order valence-corrected chi connectivity index (χ1v) is 9.00. The molecule has 2 aromatic rings. The molecule has 1 amide bonds. The molecule has 1 fully saturated rings. The summed E-state index contributed by atoms with van der Waals surface area (Å²) in [6.45, 7) is 4.73. The van der Waals surface area contributed by atoms with Gasteiger partial charge in [0, 0.05) is 6.54 Å². The predicted molar refractivity (Wildman–Crippen MR) is 95.0 cm³/mol. The van der Waals surface area contributed by atoms with Crippen molar-refractivity contribution in [3.05, 3.63) is 59.3 Å². The average Bonchev–Trinajstić information content (AvgIpc) is 3.12. The van der Waals surface area contributed by atoms with E-state index >= 15 is 0 Å². The number of halogens is 1. The van der Waals surface area contributed by atoms with E-state index < -0.39 is 0 Å². The molecular formula is C20H25FN2O2. The maximum Gasteiger partial charge on any atom is 0.287 e. The second kappa shape index (κ2) is 8.30. The third kappa shape index (κ3) is 4.69. The summed E-state index contributed by atoms with van der Waals surface area (Å²) >= 11 is 0. The molecule has 3 rings (SSSR count). The van der Waals surface area contributed by atoms with Gasteiger partial charge in [-0.25, -0.2) is 4.39 Å². The summed E-state index contributed by atoms with van der Waals surface area (Å²) in [5.41, 5.74) is 0.860. The van der Waals surface area contributed by atoms with Gasteiger partial charge in [-0.2, -0.15) is 0 Å². The van der Waals surface area contributed by atoms with Crippen LogP contribution in [0.2, 0.25) is 0 Å². The molecule has 0 aliphatic carbocycles. The van der Waals surface area contributed by atoms with Gasteiger partial charge in [0.1, 0.15) is 11.6 Å². The highest BCUT2D eigenvalue weighted by atomic mass is 19.1. The summed E-state index contributed by atoms with van der Waals surface area (Å²) in [4.78, 5) is 14.6. The van der Waals surface area contributed by atoms with Gasteiger partial charge in [-0.15, -0.1) is 0 Å². The summed E-state index contributed by atoms with van der Waals surface area (Å²) < 4.78 is 18.9. The summed E-state index contributed by atoms with van der Waals surface area (Å²) in [5, 5.41) is 2.83. The van der Waals surface area contributed by atoms with Gasteiger partial charge in [0.25, 0.3) is 5.91 Å². The van der Waals surface area contributed by atoms with Crippen molar-refractivity contribution in [1.29, 1.82) is 0 Å². The molecule has 25 heavy (non-hydrogen) atoms. The lowest BCUT2D eigenvalue weighted by atomic mass is 10.1. The summed E-state index contributed by atoms with van der Waals surface area (Å²) in [6.07, 6.45) is 4.32. The average molecular weight is 344 g/mol. The van der Waals surface area contributed by atoms with Gasteiger partial charge in [-0.05, 0) is 69.1 Å². The molecule has 5 heteroatoms. The fourth-order valence-electron chi connectivity index (χ4n) is 3.28. The number of likely N-dealkylation sites (tertiary alicyclic amines) is 1. The molecule has 0 bridgehead atoms. The highest BCUT2D eigenvalue weighted by Crippen LogP contribution is 2.25. The zero-order valence-corrected chi connectivity index (χ0v) is 14.6. The number of benzene rings is 1. The van der Waals surface area contributed by atoms with Gasteiger partial charge in [0.15, 0.2) is 5.76 Å². The summed E-state index contributed by atoms with van der Waals surface area (Å²) in [6, 6.07) is 10.2. The lowest BCUT2D eigenvalue weighted by Crippen LogP contribution is -2.32. The van der Waals surface area contributed by atoms with Crippen molar-refractivity contribution in [1.82, 2.24) is 10.2 Å². The van der Waals surface area contributed by atoms with Crippen molar-refractivity contribution in [3.8, 4) is 0 Å². The van der Waals surface area contributed by atoms with Crippen LogP contribution in [0.1, 0.15) is 54.1 Å². The Bertz CT molecular complexity index is 707. The highest BCUT2D eigenvalue weighted by Gasteiger charge is 2.22. The number of piperidine rings is 1. The molecule has 1 aliphatic heterocycles. The van der Waals surface area contributed by atoms with E-state index in [1.54, 1.807) is 12.1 Å². The van der Waals surface area contributed by atoms with Gasteiger partial charge in [0.05, 0.1) is 6.04 Å². The number of nitrogens with one attached hydrogen (secondary N) is 1. The van der Waals surface area contributed by atoms with Gasteiger partial charge >= 0.3 is 0 Å². The first-order valence-electron chi connectivity index (χ1n) is 9.00. The van der Waals surface area contributed by atoms with Crippen LogP contribution in [-0.2, 0) is 6.42 Å². The normalized spacial score (nSPS) is 16.6. The summed E-state index contributed by atoms with van der Waals surface area (Å²) in [7, 11) is 0. The molecule has 0 unspecified atom stereocenters. The topological polar surface area (TPSA) is 45.5 Å². The SMILES string of the molecule is C[C@H](c1ccc(C(=O)NCCc2cccc(F)c2)o1)N1CCCCC1. The number of nitrogens with zero attached hydrogens (tertiary/aromatic N) is 1. The minimum absolute atomic E-state index is 0.189. The third-order valence-electron chi connectivity index (χ3n) is 4.79. The minimum Gasteiger partial charge on any atom is -0.454 e. The Kier molecular flexibility index (Phi) is 5.87. The van der Waals surface area contributed by atoms with Crippen LogP contribution in [0.15, 0.2) is 40.8 Å². The zero-order valence-electron chi connectivity index (χ0n) is 14.6. The van der Waals surface area contributed by atoms with Crippen LogP contribution < -0.4 is 5.32 Å². The largest absolute Gasteiger partial charge is 0.454 e. The number of hydrogen-bond donors (Lipinski definition) is 1. The smallest absolute Gasteiger partial charge is 0.287 e. The number of furan rings is 1. The van der Waals surface area contributed by atoms with E-state index in [4.69, 9.17) is 4.42 Å². The van der Waals surface area contributed by atoms with E-state index in [1.807, 2.05) is 12.1 Å². The van der Waals surface area contributed by atoms with E-state index in [-0.39, 0.29) is 17.8 Å². The molecule has 1 N–H and O–H groups in total. The zero-order chi connectivity index (χ0) is 17.6. The number of amides is 1. The number of carbonyl (C=O) groups is 1. The molecule has 0 radical (unpaired) electrons. The Morgan fingerprint density at radius 3 is 2.80 bits per heavy atom. The van der Waals surface area contributed by atoms with Crippen molar-refractivity contribution in [3.63, 3.8) is 0 Å². The molecule has 1 aromatic heterocycles. The van der Waals surface area contributed by atoms with Crippen molar-refractivity contribution in [2.75, 3.05) is 19.6 Å².